The van der Waals surface area contributed by atoms with Gasteiger partial charge in [0.05, 0.1) is 11.6 Å². The van der Waals surface area contributed by atoms with Crippen LogP contribution in [-0.4, -0.2) is 18.4 Å². The van der Waals surface area contributed by atoms with Crippen molar-refractivity contribution in [1.82, 2.24) is 5.32 Å². The molecule has 2 amide bonds. The van der Waals surface area contributed by atoms with Crippen LogP contribution in [0.3, 0.4) is 0 Å². The van der Waals surface area contributed by atoms with Gasteiger partial charge < -0.3 is 10.6 Å². The Morgan fingerprint density at radius 2 is 1.77 bits per heavy atom. The van der Waals surface area contributed by atoms with Crippen LogP contribution >= 0.6 is 11.6 Å². The second kappa shape index (κ2) is 9.34. The Balaban J connectivity index is 1.86. The maximum absolute atomic E-state index is 13.1. The van der Waals surface area contributed by atoms with Gasteiger partial charge in [-0.15, -0.1) is 0 Å². The Kier molecular flexibility index (Phi) is 7.16. The second-order valence-corrected chi connectivity index (χ2v) is 6.83. The molecule has 1 unspecified atom stereocenters. The van der Waals surface area contributed by atoms with E-state index in [2.05, 4.69) is 24.5 Å². The summed E-state index contributed by atoms with van der Waals surface area (Å²) in [4.78, 5) is 24.2. The average Bonchev–Trinajstić information content (AvgIpc) is 2.61. The van der Waals surface area contributed by atoms with E-state index in [0.717, 1.165) is 5.56 Å². The molecule has 138 valence electrons. The molecule has 0 spiro atoms. The largest absolute Gasteiger partial charge is 0.347 e. The maximum Gasteiger partial charge on any atom is 0.243 e. The summed E-state index contributed by atoms with van der Waals surface area (Å²) < 4.78 is 13.1. The molecule has 2 N–H and O–H groups in total. The van der Waals surface area contributed by atoms with E-state index in [1.807, 2.05) is 30.3 Å². The Morgan fingerprint density at radius 3 is 2.38 bits per heavy atom. The lowest BCUT2D eigenvalue weighted by Gasteiger charge is -2.21. The molecule has 0 aliphatic rings. The summed E-state index contributed by atoms with van der Waals surface area (Å²) >= 11 is 5.67. The number of benzene rings is 2. The number of halogens is 2. The summed E-state index contributed by atoms with van der Waals surface area (Å²) in [6, 6.07) is 13.7. The minimum absolute atomic E-state index is 0.0746. The molecular weight excluding hydrogens is 355 g/mol. The molecule has 0 heterocycles. The van der Waals surface area contributed by atoms with E-state index in [1.54, 1.807) is 0 Å². The summed E-state index contributed by atoms with van der Waals surface area (Å²) in [7, 11) is 0. The van der Waals surface area contributed by atoms with Crippen LogP contribution in [0.25, 0.3) is 0 Å². The monoisotopic (exact) mass is 376 g/mol. The standard InChI is InChI=1S/C20H22ClFN2O2/c1-13(2)16(14-6-4-3-5-7-14)11-19(25)23-12-20(26)24-15-8-9-18(22)17(21)10-15/h3-10,13,16H,11-12H2,1-2H3,(H,23,25)(H,24,26). The van der Waals surface area contributed by atoms with Crippen LogP contribution in [0.1, 0.15) is 31.7 Å². The average molecular weight is 377 g/mol. The molecule has 0 radical (unpaired) electrons. The number of carbonyl (C=O) groups excluding carboxylic acids is 2. The van der Waals surface area contributed by atoms with Crippen LogP contribution in [0.2, 0.25) is 5.02 Å². The van der Waals surface area contributed by atoms with Gasteiger partial charge in [0, 0.05) is 12.1 Å². The van der Waals surface area contributed by atoms with Crippen molar-refractivity contribution in [3.63, 3.8) is 0 Å². The fraction of sp³-hybridized carbons (Fsp3) is 0.300. The number of anilines is 1. The van der Waals surface area contributed by atoms with Crippen LogP contribution in [-0.2, 0) is 9.59 Å². The van der Waals surface area contributed by atoms with Crippen molar-refractivity contribution in [3.8, 4) is 0 Å². The van der Waals surface area contributed by atoms with Crippen molar-refractivity contribution in [3.05, 3.63) is 64.9 Å². The lowest BCUT2D eigenvalue weighted by Crippen LogP contribution is -2.34. The molecule has 2 rings (SSSR count). The van der Waals surface area contributed by atoms with Crippen molar-refractivity contribution in [2.45, 2.75) is 26.2 Å². The van der Waals surface area contributed by atoms with Crippen molar-refractivity contribution >= 4 is 29.1 Å². The molecule has 0 saturated heterocycles. The number of hydrogen-bond acceptors (Lipinski definition) is 2. The predicted molar refractivity (Wildman–Crippen MR) is 102 cm³/mol. The Labute approximate surface area is 157 Å². The maximum atomic E-state index is 13.1. The number of hydrogen-bond donors (Lipinski definition) is 2. The highest BCUT2D eigenvalue weighted by atomic mass is 35.5. The van der Waals surface area contributed by atoms with E-state index < -0.39 is 11.7 Å². The highest BCUT2D eigenvalue weighted by Crippen LogP contribution is 2.27. The van der Waals surface area contributed by atoms with Crippen molar-refractivity contribution in [1.29, 1.82) is 0 Å². The summed E-state index contributed by atoms with van der Waals surface area (Å²) in [5, 5.41) is 5.12. The van der Waals surface area contributed by atoms with E-state index in [-0.39, 0.29) is 23.4 Å². The van der Waals surface area contributed by atoms with Gasteiger partial charge in [-0.3, -0.25) is 9.59 Å². The van der Waals surface area contributed by atoms with Gasteiger partial charge in [0.25, 0.3) is 0 Å². The second-order valence-electron chi connectivity index (χ2n) is 6.42. The highest BCUT2D eigenvalue weighted by Gasteiger charge is 2.19. The molecule has 0 bridgehead atoms. The molecule has 0 aromatic heterocycles. The minimum Gasteiger partial charge on any atom is -0.347 e. The lowest BCUT2D eigenvalue weighted by atomic mass is 9.85. The van der Waals surface area contributed by atoms with E-state index in [9.17, 15) is 14.0 Å². The molecule has 1 atom stereocenters. The first-order valence-electron chi connectivity index (χ1n) is 8.43. The topological polar surface area (TPSA) is 58.2 Å². The zero-order valence-electron chi connectivity index (χ0n) is 14.8. The molecule has 0 aliphatic heterocycles. The van der Waals surface area contributed by atoms with E-state index in [1.165, 1.54) is 18.2 Å². The summed E-state index contributed by atoms with van der Waals surface area (Å²) in [6.45, 7) is 3.97. The van der Waals surface area contributed by atoms with Crippen LogP contribution in [0.15, 0.2) is 48.5 Å². The third kappa shape index (κ3) is 5.85. The minimum atomic E-state index is -0.557. The fourth-order valence-electron chi connectivity index (χ4n) is 2.67. The lowest BCUT2D eigenvalue weighted by molar-refractivity contribution is -0.124. The van der Waals surface area contributed by atoms with Crippen LogP contribution in [0, 0.1) is 11.7 Å². The number of nitrogens with one attached hydrogen (secondary N) is 2. The molecule has 2 aromatic rings. The molecule has 0 fully saturated rings. The van der Waals surface area contributed by atoms with Crippen molar-refractivity contribution in [2.75, 3.05) is 11.9 Å². The zero-order chi connectivity index (χ0) is 19.1. The van der Waals surface area contributed by atoms with Gasteiger partial charge >= 0.3 is 0 Å². The smallest absolute Gasteiger partial charge is 0.243 e. The first-order chi connectivity index (χ1) is 12.4. The van der Waals surface area contributed by atoms with Crippen LogP contribution < -0.4 is 10.6 Å². The van der Waals surface area contributed by atoms with Gasteiger partial charge in [-0.1, -0.05) is 55.8 Å². The van der Waals surface area contributed by atoms with Gasteiger partial charge in [-0.2, -0.15) is 0 Å². The van der Waals surface area contributed by atoms with Crippen LogP contribution in [0.5, 0.6) is 0 Å². The molecule has 6 heteroatoms. The highest BCUT2D eigenvalue weighted by molar-refractivity contribution is 6.31. The molecule has 0 saturated carbocycles. The molecule has 4 nitrogen and oxygen atoms in total. The number of carbonyl (C=O) groups is 2. The van der Waals surface area contributed by atoms with Gasteiger partial charge in [0.1, 0.15) is 5.82 Å². The first kappa shape index (κ1) is 19.9. The Hall–Kier alpha value is -2.40. The van der Waals surface area contributed by atoms with Gasteiger partial charge in [-0.25, -0.2) is 4.39 Å². The Bertz CT molecular complexity index is 766. The molecule has 2 aromatic carbocycles. The van der Waals surface area contributed by atoms with Gasteiger partial charge in [0.15, 0.2) is 0 Å². The van der Waals surface area contributed by atoms with Gasteiger partial charge in [0.2, 0.25) is 11.8 Å². The normalized spacial score (nSPS) is 11.9. The predicted octanol–water partition coefficient (Wildman–Crippen LogP) is 4.36. The SMILES string of the molecule is CC(C)C(CC(=O)NCC(=O)Nc1ccc(F)c(Cl)c1)c1ccccc1. The molecule has 26 heavy (non-hydrogen) atoms. The third-order valence-electron chi connectivity index (χ3n) is 4.09. The van der Waals surface area contributed by atoms with E-state index >= 15 is 0 Å². The van der Waals surface area contributed by atoms with E-state index in [0.29, 0.717) is 18.0 Å². The van der Waals surface area contributed by atoms with Crippen LogP contribution in [0.4, 0.5) is 10.1 Å². The zero-order valence-corrected chi connectivity index (χ0v) is 15.5. The molecule has 0 aliphatic carbocycles. The quantitative estimate of drug-likeness (QED) is 0.754. The summed E-state index contributed by atoms with van der Waals surface area (Å²) in [6.07, 6.45) is 0.303. The van der Waals surface area contributed by atoms with E-state index in [4.69, 9.17) is 11.6 Å². The fourth-order valence-corrected chi connectivity index (χ4v) is 2.85. The summed E-state index contributed by atoms with van der Waals surface area (Å²) in [5.74, 6) is -0.784. The van der Waals surface area contributed by atoms with Crippen molar-refractivity contribution < 1.29 is 14.0 Å². The number of amides is 2. The Morgan fingerprint density at radius 1 is 1.08 bits per heavy atom. The molecular formula is C20H22ClFN2O2. The number of rotatable bonds is 7. The first-order valence-corrected chi connectivity index (χ1v) is 8.81. The van der Waals surface area contributed by atoms with Gasteiger partial charge in [-0.05, 0) is 35.6 Å². The third-order valence-corrected chi connectivity index (χ3v) is 4.38. The van der Waals surface area contributed by atoms with Crippen molar-refractivity contribution in [2.24, 2.45) is 5.92 Å². The summed E-state index contributed by atoms with van der Waals surface area (Å²) in [5.41, 5.74) is 1.48.